The zero-order valence-corrected chi connectivity index (χ0v) is 26.5. The van der Waals surface area contributed by atoms with E-state index < -0.39 is 11.0 Å². The quantitative estimate of drug-likeness (QED) is 0.205. The number of hydrogen-bond donors (Lipinski definition) is 1. The van der Waals surface area contributed by atoms with Gasteiger partial charge < -0.3 is 4.74 Å². The molecule has 0 spiro atoms. The van der Waals surface area contributed by atoms with Crippen LogP contribution in [0.5, 0.6) is 5.75 Å². The lowest BCUT2D eigenvalue weighted by atomic mass is 9.59. The lowest BCUT2D eigenvalue weighted by Gasteiger charge is -2.52. The van der Waals surface area contributed by atoms with Crippen LogP contribution in [0.4, 0.5) is 0 Å². The van der Waals surface area contributed by atoms with Crippen molar-refractivity contribution in [1.29, 1.82) is 0 Å². The maximum absolute atomic E-state index is 7.70. The molecule has 7 nitrogen and oxygen atoms in total. The number of para-hydroxylation sites is 3. The molecule has 0 bridgehead atoms. The van der Waals surface area contributed by atoms with Crippen LogP contribution in [0.15, 0.2) is 115 Å². The first-order chi connectivity index (χ1) is 22.7. The van der Waals surface area contributed by atoms with E-state index in [1.165, 1.54) is 16.4 Å². The van der Waals surface area contributed by atoms with Crippen molar-refractivity contribution in [1.82, 2.24) is 29.1 Å². The Morgan fingerprint density at radius 1 is 0.652 bits per heavy atom. The van der Waals surface area contributed by atoms with Crippen LogP contribution in [-0.4, -0.2) is 29.1 Å². The first-order valence-electron chi connectivity index (χ1n) is 14.9. The van der Waals surface area contributed by atoms with Gasteiger partial charge in [0.05, 0.1) is 26.8 Å². The van der Waals surface area contributed by atoms with Gasteiger partial charge in [-0.3, -0.25) is 0 Å². The van der Waals surface area contributed by atoms with Crippen LogP contribution in [-0.2, 0) is 17.4 Å². The second-order valence-corrected chi connectivity index (χ2v) is 14.2. The number of H-pyrrole nitrogens is 1. The van der Waals surface area contributed by atoms with E-state index in [0.29, 0.717) is 6.42 Å². The molecule has 10 rings (SSSR count). The minimum atomic E-state index is -1.13. The number of hydrogen-bond acceptors (Lipinski definition) is 9. The number of aromatic amines is 1. The fourth-order valence-electron chi connectivity index (χ4n) is 7.23. The summed E-state index contributed by atoms with van der Waals surface area (Å²) in [5.74, 6) is 0.834. The van der Waals surface area contributed by atoms with E-state index in [1.807, 2.05) is 30.3 Å². The number of fused-ring (bicyclic) bond motifs is 5. The Morgan fingerprint density at radius 2 is 1.43 bits per heavy atom. The minimum absolute atomic E-state index is 0.613. The number of thiophene rings is 1. The molecule has 1 N–H and O–H groups in total. The van der Waals surface area contributed by atoms with Crippen LogP contribution in [0.2, 0.25) is 0 Å². The Hall–Kier alpha value is -5.03. The minimum Gasteiger partial charge on any atom is -0.475 e. The van der Waals surface area contributed by atoms with Crippen molar-refractivity contribution < 1.29 is 4.74 Å². The molecule has 46 heavy (non-hydrogen) atoms. The van der Waals surface area contributed by atoms with Crippen molar-refractivity contribution in [2.24, 2.45) is 0 Å². The lowest BCUT2D eigenvalue weighted by molar-refractivity contribution is 0.0250. The molecule has 5 aromatic carbocycles. The van der Waals surface area contributed by atoms with Gasteiger partial charge in [-0.05, 0) is 65.4 Å². The SMILES string of the molecule is c1ccc2c(c1)CC(c1nc3ccccc3s1)(c1cccc3nsnc13)C(c1cc3ccccc3s1)(c1cccc3n[nH]nc13)O2. The molecule has 5 heterocycles. The maximum atomic E-state index is 7.70. The molecule has 0 aliphatic carbocycles. The molecule has 0 radical (unpaired) electrons. The second kappa shape index (κ2) is 9.73. The Kier molecular flexibility index (Phi) is 5.55. The van der Waals surface area contributed by atoms with Gasteiger partial charge in [-0.1, -0.05) is 72.8 Å². The fraction of sp³-hybridized carbons (Fsp3) is 0.0833. The van der Waals surface area contributed by atoms with Crippen LogP contribution in [0.25, 0.3) is 42.4 Å². The largest absolute Gasteiger partial charge is 0.475 e. The Bertz CT molecular complexity index is 2360. The van der Waals surface area contributed by atoms with Gasteiger partial charge in [0.25, 0.3) is 0 Å². The van der Waals surface area contributed by atoms with E-state index in [0.717, 1.165) is 70.0 Å². The Morgan fingerprint density at radius 3 is 2.35 bits per heavy atom. The van der Waals surface area contributed by atoms with Crippen LogP contribution in [0, 0.1) is 0 Å². The van der Waals surface area contributed by atoms with Crippen LogP contribution in [0.1, 0.15) is 26.6 Å². The second-order valence-electron chi connectivity index (χ2n) is 11.5. The zero-order chi connectivity index (χ0) is 30.3. The number of thiazole rings is 1. The first-order valence-corrected chi connectivity index (χ1v) is 17.2. The topological polar surface area (TPSA) is 89.5 Å². The standard InChI is InChI=1S/C36H22N6OS3/c1-4-16-28-22(10-1)20-35(23-11-7-15-27-33(23)41-46-40-27,34-37-25-13-3-6-18-30(25)45-34)36(43-28,24-12-8-14-26-32(24)39-42-38-26)31-19-21-9-2-5-17-29(21)44-31/h1-19H,20H2,(H,38,39,42). The van der Waals surface area contributed by atoms with Gasteiger partial charge in [0.2, 0.25) is 0 Å². The van der Waals surface area contributed by atoms with Crippen molar-refractivity contribution in [3.8, 4) is 5.75 Å². The molecule has 9 aromatic rings. The predicted molar refractivity (Wildman–Crippen MR) is 185 cm³/mol. The summed E-state index contributed by atoms with van der Waals surface area (Å²) in [6.07, 6.45) is 0.613. The van der Waals surface area contributed by atoms with E-state index in [-0.39, 0.29) is 0 Å². The molecule has 0 saturated carbocycles. The number of nitrogens with zero attached hydrogens (tertiary/aromatic N) is 5. The van der Waals surface area contributed by atoms with Gasteiger partial charge in [0.15, 0.2) is 5.60 Å². The predicted octanol–water partition coefficient (Wildman–Crippen LogP) is 8.65. The van der Waals surface area contributed by atoms with Crippen molar-refractivity contribution in [3.05, 3.63) is 142 Å². The Balaban J connectivity index is 1.47. The molecule has 0 saturated heterocycles. The van der Waals surface area contributed by atoms with Crippen molar-refractivity contribution in [2.45, 2.75) is 17.4 Å². The molecular formula is C36H22N6OS3. The maximum Gasteiger partial charge on any atom is 0.187 e. The third kappa shape index (κ3) is 3.49. The van der Waals surface area contributed by atoms with Crippen LogP contribution < -0.4 is 4.74 Å². The normalized spacial score (nSPS) is 19.6. The third-order valence-corrected chi connectivity index (χ3v) is 12.2. The monoisotopic (exact) mass is 650 g/mol. The number of aromatic nitrogens is 6. The van der Waals surface area contributed by atoms with E-state index >= 15 is 0 Å². The van der Waals surface area contributed by atoms with Gasteiger partial charge in [-0.25, -0.2) is 4.98 Å². The molecule has 4 aromatic heterocycles. The molecule has 2 unspecified atom stereocenters. The summed E-state index contributed by atoms with van der Waals surface area (Å²) >= 11 is 4.70. The lowest BCUT2D eigenvalue weighted by Crippen LogP contribution is -2.58. The first kappa shape index (κ1) is 26.2. The zero-order valence-electron chi connectivity index (χ0n) is 24.0. The van der Waals surface area contributed by atoms with Crippen molar-refractivity contribution >= 4 is 76.8 Å². The average Bonchev–Trinajstić information content (AvgIpc) is 3.92. The summed E-state index contributed by atoms with van der Waals surface area (Å²) in [4.78, 5) is 6.53. The molecule has 1 aliphatic rings. The summed E-state index contributed by atoms with van der Waals surface area (Å²) in [6.45, 7) is 0. The van der Waals surface area contributed by atoms with Gasteiger partial charge in [0, 0.05) is 10.3 Å². The molecule has 0 fully saturated rings. The van der Waals surface area contributed by atoms with Crippen LogP contribution >= 0.6 is 34.4 Å². The molecule has 220 valence electrons. The van der Waals surface area contributed by atoms with Gasteiger partial charge in [0.1, 0.15) is 38.2 Å². The van der Waals surface area contributed by atoms with E-state index in [2.05, 4.69) is 95.2 Å². The molecular weight excluding hydrogens is 629 g/mol. The summed E-state index contributed by atoms with van der Waals surface area (Å²) in [5, 5.41) is 14.3. The van der Waals surface area contributed by atoms with E-state index in [1.54, 1.807) is 22.7 Å². The van der Waals surface area contributed by atoms with Crippen molar-refractivity contribution in [3.63, 3.8) is 0 Å². The highest BCUT2D eigenvalue weighted by Gasteiger charge is 2.64. The average molecular weight is 651 g/mol. The molecule has 2 atom stereocenters. The molecule has 10 heteroatoms. The number of rotatable bonds is 4. The van der Waals surface area contributed by atoms with Crippen molar-refractivity contribution in [2.75, 3.05) is 0 Å². The number of nitrogens with one attached hydrogen (secondary N) is 1. The molecule has 1 aliphatic heterocycles. The highest BCUT2D eigenvalue weighted by atomic mass is 32.1. The smallest absolute Gasteiger partial charge is 0.187 e. The summed E-state index contributed by atoms with van der Waals surface area (Å²) < 4.78 is 19.6. The van der Waals surface area contributed by atoms with Gasteiger partial charge >= 0.3 is 0 Å². The Labute approximate surface area is 274 Å². The summed E-state index contributed by atoms with van der Waals surface area (Å²) in [5.41, 5.74) is 5.20. The van der Waals surface area contributed by atoms with E-state index in [9.17, 15) is 0 Å². The van der Waals surface area contributed by atoms with E-state index in [4.69, 9.17) is 23.6 Å². The third-order valence-electron chi connectivity index (χ3n) is 9.20. The number of ether oxygens (including phenoxy) is 1. The highest BCUT2D eigenvalue weighted by molar-refractivity contribution is 7.19. The number of benzene rings is 5. The highest BCUT2D eigenvalue weighted by Crippen LogP contribution is 2.62. The van der Waals surface area contributed by atoms with Gasteiger partial charge in [-0.15, -0.1) is 22.7 Å². The fourth-order valence-corrected chi connectivity index (χ4v) is 10.3. The van der Waals surface area contributed by atoms with Gasteiger partial charge in [-0.2, -0.15) is 24.2 Å². The molecule has 0 amide bonds. The summed E-state index contributed by atoms with van der Waals surface area (Å²) in [6, 6.07) is 40.0. The van der Waals surface area contributed by atoms with Crippen LogP contribution in [0.3, 0.4) is 0 Å². The summed E-state index contributed by atoms with van der Waals surface area (Å²) in [7, 11) is 0.